The van der Waals surface area contributed by atoms with Crippen LogP contribution in [0.2, 0.25) is 0 Å². The van der Waals surface area contributed by atoms with Gasteiger partial charge in [0.2, 0.25) is 5.91 Å². The molecule has 1 unspecified atom stereocenters. The summed E-state index contributed by atoms with van der Waals surface area (Å²) < 4.78 is 4.78. The maximum Gasteiger partial charge on any atom is 0.327 e. The van der Waals surface area contributed by atoms with Gasteiger partial charge in [0.25, 0.3) is 0 Å². The van der Waals surface area contributed by atoms with E-state index in [0.717, 1.165) is 5.56 Å². The monoisotopic (exact) mass is 278 g/mol. The normalized spacial score (nSPS) is 12.1. The lowest BCUT2D eigenvalue weighted by Gasteiger charge is -2.23. The van der Waals surface area contributed by atoms with E-state index in [9.17, 15) is 9.59 Å². The molecule has 1 amide bonds. The SMILES string of the molecule is COC(=O)C(NCC(=O)N(C)C(C)C)c1ccccc1. The van der Waals surface area contributed by atoms with Gasteiger partial charge in [0, 0.05) is 13.1 Å². The van der Waals surface area contributed by atoms with E-state index < -0.39 is 12.0 Å². The van der Waals surface area contributed by atoms with Gasteiger partial charge in [0.15, 0.2) is 0 Å². The van der Waals surface area contributed by atoms with Crippen molar-refractivity contribution in [2.24, 2.45) is 0 Å². The Morgan fingerprint density at radius 2 is 1.85 bits per heavy atom. The number of hydrogen-bond acceptors (Lipinski definition) is 4. The van der Waals surface area contributed by atoms with E-state index in [-0.39, 0.29) is 18.5 Å². The van der Waals surface area contributed by atoms with Crippen LogP contribution in [0, 0.1) is 0 Å². The lowest BCUT2D eigenvalue weighted by Crippen LogP contribution is -2.42. The van der Waals surface area contributed by atoms with Gasteiger partial charge in [-0.3, -0.25) is 10.1 Å². The molecule has 0 fully saturated rings. The fourth-order valence-corrected chi connectivity index (χ4v) is 1.70. The van der Waals surface area contributed by atoms with E-state index in [1.54, 1.807) is 11.9 Å². The van der Waals surface area contributed by atoms with Gasteiger partial charge < -0.3 is 9.64 Å². The first-order chi connectivity index (χ1) is 9.47. The van der Waals surface area contributed by atoms with Crippen LogP contribution < -0.4 is 5.32 Å². The van der Waals surface area contributed by atoms with Crippen molar-refractivity contribution in [3.05, 3.63) is 35.9 Å². The molecule has 0 aliphatic rings. The Bertz CT molecular complexity index is 446. The Hall–Kier alpha value is -1.88. The number of rotatable bonds is 6. The maximum absolute atomic E-state index is 11.9. The van der Waals surface area contributed by atoms with Crippen LogP contribution >= 0.6 is 0 Å². The molecule has 0 spiro atoms. The van der Waals surface area contributed by atoms with Crippen LogP contribution in [0.3, 0.4) is 0 Å². The Kier molecular flexibility index (Phi) is 6.18. The topological polar surface area (TPSA) is 58.6 Å². The van der Waals surface area contributed by atoms with Crippen molar-refractivity contribution in [2.75, 3.05) is 20.7 Å². The van der Waals surface area contributed by atoms with E-state index in [0.29, 0.717) is 0 Å². The summed E-state index contributed by atoms with van der Waals surface area (Å²) in [5, 5.41) is 2.96. The summed E-state index contributed by atoms with van der Waals surface area (Å²) >= 11 is 0. The second kappa shape index (κ2) is 7.65. The van der Waals surface area contributed by atoms with Crippen LogP contribution in [0.4, 0.5) is 0 Å². The predicted octanol–water partition coefficient (Wildman–Crippen LogP) is 1.36. The number of hydrogen-bond donors (Lipinski definition) is 1. The molecule has 0 saturated heterocycles. The number of benzene rings is 1. The molecule has 110 valence electrons. The number of nitrogens with zero attached hydrogens (tertiary/aromatic N) is 1. The summed E-state index contributed by atoms with van der Waals surface area (Å²) in [6.45, 7) is 3.96. The summed E-state index contributed by atoms with van der Waals surface area (Å²) in [5.74, 6) is -0.471. The minimum absolute atomic E-state index is 0.0650. The molecule has 5 nitrogen and oxygen atoms in total. The Balaban J connectivity index is 2.73. The molecule has 0 aliphatic carbocycles. The standard InChI is InChI=1S/C15H22N2O3/c1-11(2)17(3)13(18)10-16-14(15(19)20-4)12-8-6-5-7-9-12/h5-9,11,14,16H,10H2,1-4H3. The third-order valence-corrected chi connectivity index (χ3v) is 3.20. The summed E-state index contributed by atoms with van der Waals surface area (Å²) in [6, 6.07) is 8.69. The molecule has 0 radical (unpaired) electrons. The zero-order valence-corrected chi connectivity index (χ0v) is 12.4. The molecule has 1 aromatic carbocycles. The van der Waals surface area contributed by atoms with E-state index in [1.807, 2.05) is 44.2 Å². The first kappa shape index (κ1) is 16.2. The average molecular weight is 278 g/mol. The molecule has 1 aromatic rings. The molecule has 1 atom stereocenters. The van der Waals surface area contributed by atoms with Crippen molar-refractivity contribution in [3.8, 4) is 0 Å². The van der Waals surface area contributed by atoms with Gasteiger partial charge in [-0.15, -0.1) is 0 Å². The first-order valence-electron chi connectivity index (χ1n) is 6.59. The van der Waals surface area contributed by atoms with Gasteiger partial charge in [0.05, 0.1) is 13.7 Å². The minimum atomic E-state index is -0.634. The maximum atomic E-state index is 11.9. The third kappa shape index (κ3) is 4.35. The lowest BCUT2D eigenvalue weighted by molar-refractivity contribution is -0.143. The fraction of sp³-hybridized carbons (Fsp3) is 0.467. The number of esters is 1. The zero-order chi connectivity index (χ0) is 15.1. The molecule has 0 aromatic heterocycles. The Morgan fingerprint density at radius 3 is 2.35 bits per heavy atom. The van der Waals surface area contributed by atoms with E-state index in [1.165, 1.54) is 7.11 Å². The molecule has 1 N–H and O–H groups in total. The summed E-state index contributed by atoms with van der Waals surface area (Å²) in [4.78, 5) is 25.4. The lowest BCUT2D eigenvalue weighted by atomic mass is 10.1. The van der Waals surface area contributed by atoms with Crippen LogP contribution in [-0.4, -0.2) is 43.5 Å². The van der Waals surface area contributed by atoms with Gasteiger partial charge in [0.1, 0.15) is 6.04 Å². The van der Waals surface area contributed by atoms with E-state index in [4.69, 9.17) is 4.74 Å². The molecule has 20 heavy (non-hydrogen) atoms. The van der Waals surface area contributed by atoms with Crippen molar-refractivity contribution >= 4 is 11.9 Å². The quantitative estimate of drug-likeness (QED) is 0.798. The number of ether oxygens (including phenoxy) is 1. The highest BCUT2D eigenvalue weighted by Gasteiger charge is 2.22. The number of carbonyl (C=O) groups is 2. The molecule has 0 heterocycles. The fourth-order valence-electron chi connectivity index (χ4n) is 1.70. The predicted molar refractivity (Wildman–Crippen MR) is 77.1 cm³/mol. The van der Waals surface area contributed by atoms with Crippen molar-refractivity contribution in [1.82, 2.24) is 10.2 Å². The molecular weight excluding hydrogens is 256 g/mol. The van der Waals surface area contributed by atoms with E-state index in [2.05, 4.69) is 5.32 Å². The van der Waals surface area contributed by atoms with Gasteiger partial charge in [-0.2, -0.15) is 0 Å². The average Bonchev–Trinajstić information content (AvgIpc) is 2.46. The van der Waals surface area contributed by atoms with Crippen LogP contribution in [0.15, 0.2) is 30.3 Å². The van der Waals surface area contributed by atoms with Crippen LogP contribution in [0.5, 0.6) is 0 Å². The summed E-state index contributed by atoms with van der Waals surface area (Å²) in [6.07, 6.45) is 0. The van der Waals surface area contributed by atoms with Crippen molar-refractivity contribution in [3.63, 3.8) is 0 Å². The van der Waals surface area contributed by atoms with Crippen LogP contribution in [-0.2, 0) is 14.3 Å². The highest BCUT2D eigenvalue weighted by Crippen LogP contribution is 2.13. The summed E-state index contributed by atoms with van der Waals surface area (Å²) in [7, 11) is 3.08. The Labute approximate surface area is 119 Å². The smallest absolute Gasteiger partial charge is 0.327 e. The van der Waals surface area contributed by atoms with Crippen LogP contribution in [0.1, 0.15) is 25.5 Å². The largest absolute Gasteiger partial charge is 0.468 e. The van der Waals surface area contributed by atoms with Gasteiger partial charge >= 0.3 is 5.97 Å². The highest BCUT2D eigenvalue weighted by molar-refractivity contribution is 5.81. The molecule has 1 rings (SSSR count). The van der Waals surface area contributed by atoms with E-state index >= 15 is 0 Å². The number of carbonyl (C=O) groups excluding carboxylic acids is 2. The van der Waals surface area contributed by atoms with Crippen molar-refractivity contribution in [1.29, 1.82) is 0 Å². The number of methoxy groups -OCH3 is 1. The zero-order valence-electron chi connectivity index (χ0n) is 12.4. The van der Waals surface area contributed by atoms with Gasteiger partial charge in [-0.1, -0.05) is 30.3 Å². The number of likely N-dealkylation sites (N-methyl/N-ethyl adjacent to an activating group) is 1. The molecular formula is C15H22N2O3. The van der Waals surface area contributed by atoms with Crippen molar-refractivity contribution in [2.45, 2.75) is 25.9 Å². The molecule has 0 bridgehead atoms. The third-order valence-electron chi connectivity index (χ3n) is 3.20. The summed E-state index contributed by atoms with van der Waals surface area (Å²) in [5.41, 5.74) is 0.777. The first-order valence-corrected chi connectivity index (χ1v) is 6.59. The van der Waals surface area contributed by atoms with Crippen molar-refractivity contribution < 1.29 is 14.3 Å². The second-order valence-electron chi connectivity index (χ2n) is 4.85. The minimum Gasteiger partial charge on any atom is -0.468 e. The Morgan fingerprint density at radius 1 is 1.25 bits per heavy atom. The van der Waals surface area contributed by atoms with Crippen LogP contribution in [0.25, 0.3) is 0 Å². The van der Waals surface area contributed by atoms with Gasteiger partial charge in [-0.05, 0) is 19.4 Å². The number of amides is 1. The number of nitrogens with one attached hydrogen (secondary N) is 1. The van der Waals surface area contributed by atoms with Gasteiger partial charge in [-0.25, -0.2) is 4.79 Å². The molecule has 0 aliphatic heterocycles. The highest BCUT2D eigenvalue weighted by atomic mass is 16.5. The second-order valence-corrected chi connectivity index (χ2v) is 4.85. The molecule has 5 heteroatoms. The molecule has 0 saturated carbocycles.